The van der Waals surface area contributed by atoms with Crippen LogP contribution in [0.5, 0.6) is 0 Å². The summed E-state index contributed by atoms with van der Waals surface area (Å²) in [6.07, 6.45) is 1.84. The van der Waals surface area contributed by atoms with E-state index in [9.17, 15) is 4.79 Å². The van der Waals surface area contributed by atoms with E-state index >= 15 is 0 Å². The Morgan fingerprint density at radius 1 is 1.50 bits per heavy atom. The van der Waals surface area contributed by atoms with Gasteiger partial charge in [0.1, 0.15) is 6.61 Å². The summed E-state index contributed by atoms with van der Waals surface area (Å²) in [6, 6.07) is 0. The quantitative estimate of drug-likeness (QED) is 0.668. The molecule has 1 amide bonds. The third-order valence-electron chi connectivity index (χ3n) is 1.77. The lowest BCUT2D eigenvalue weighted by Crippen LogP contribution is -2.30. The number of carbonyl (C=O) groups excluding carboxylic acids is 1. The first-order valence-corrected chi connectivity index (χ1v) is 5.52. The molecular formula is C10H20ClNO2. The Bertz CT molecular complexity index is 162. The molecule has 0 saturated heterocycles. The number of carbonyl (C=O) groups is 1. The summed E-state index contributed by atoms with van der Waals surface area (Å²) in [5.74, 6) is -0.0707. The second-order valence-corrected chi connectivity index (χ2v) is 4.12. The highest BCUT2D eigenvalue weighted by Gasteiger charge is 2.04. The Morgan fingerprint density at radius 2 is 2.14 bits per heavy atom. The van der Waals surface area contributed by atoms with Crippen LogP contribution in [0, 0.1) is 0 Å². The molecule has 0 aromatic rings. The highest BCUT2D eigenvalue weighted by molar-refractivity contribution is 6.20. The molecule has 1 unspecified atom stereocenters. The monoisotopic (exact) mass is 221 g/mol. The molecule has 1 N–H and O–H groups in total. The van der Waals surface area contributed by atoms with Crippen LogP contribution in [0.25, 0.3) is 0 Å². The predicted molar refractivity (Wildman–Crippen MR) is 58.6 cm³/mol. The summed E-state index contributed by atoms with van der Waals surface area (Å²) >= 11 is 5.89. The lowest BCUT2D eigenvalue weighted by Gasteiger charge is -2.09. The fourth-order valence-corrected chi connectivity index (χ4v) is 0.975. The van der Waals surface area contributed by atoms with Crippen molar-refractivity contribution in [2.24, 2.45) is 0 Å². The average molecular weight is 222 g/mol. The number of ether oxygens (including phenoxy) is 1. The van der Waals surface area contributed by atoms with E-state index in [0.29, 0.717) is 6.54 Å². The standard InChI is InChI=1S/C10H20ClNO2/c1-4-9(11)5-6-12-10(13)7-14-8(2)3/h8-9H,4-7H2,1-3H3,(H,12,13). The molecule has 0 aliphatic heterocycles. The van der Waals surface area contributed by atoms with E-state index in [2.05, 4.69) is 5.32 Å². The van der Waals surface area contributed by atoms with Crippen LogP contribution >= 0.6 is 11.6 Å². The second-order valence-electron chi connectivity index (χ2n) is 3.50. The van der Waals surface area contributed by atoms with Gasteiger partial charge in [-0.3, -0.25) is 4.79 Å². The van der Waals surface area contributed by atoms with Crippen molar-refractivity contribution in [1.82, 2.24) is 5.32 Å². The molecule has 0 rings (SSSR count). The molecule has 14 heavy (non-hydrogen) atoms. The van der Waals surface area contributed by atoms with Crippen LogP contribution in [0.1, 0.15) is 33.6 Å². The number of hydrogen-bond acceptors (Lipinski definition) is 2. The Labute approximate surface area is 91.2 Å². The van der Waals surface area contributed by atoms with Crippen molar-refractivity contribution in [3.05, 3.63) is 0 Å². The van der Waals surface area contributed by atoms with Crippen LogP contribution < -0.4 is 5.32 Å². The molecule has 0 heterocycles. The van der Waals surface area contributed by atoms with Gasteiger partial charge >= 0.3 is 0 Å². The summed E-state index contributed by atoms with van der Waals surface area (Å²) in [6.45, 7) is 6.60. The smallest absolute Gasteiger partial charge is 0.246 e. The maximum atomic E-state index is 11.1. The van der Waals surface area contributed by atoms with Crippen LogP contribution in [-0.4, -0.2) is 30.5 Å². The Morgan fingerprint density at radius 3 is 2.64 bits per heavy atom. The lowest BCUT2D eigenvalue weighted by atomic mass is 10.2. The van der Waals surface area contributed by atoms with E-state index in [4.69, 9.17) is 16.3 Å². The molecule has 0 spiro atoms. The van der Waals surface area contributed by atoms with Crippen molar-refractivity contribution in [3.8, 4) is 0 Å². The van der Waals surface area contributed by atoms with Crippen molar-refractivity contribution >= 4 is 17.5 Å². The molecule has 0 saturated carbocycles. The predicted octanol–water partition coefficient (Wildman–Crippen LogP) is 1.94. The van der Waals surface area contributed by atoms with Gasteiger partial charge in [0, 0.05) is 11.9 Å². The van der Waals surface area contributed by atoms with Crippen LogP contribution in [0.15, 0.2) is 0 Å². The first-order chi connectivity index (χ1) is 6.56. The van der Waals surface area contributed by atoms with Gasteiger partial charge in [0.05, 0.1) is 6.10 Å². The van der Waals surface area contributed by atoms with Gasteiger partial charge in [0.2, 0.25) is 5.91 Å². The fourth-order valence-electron chi connectivity index (χ4n) is 0.866. The van der Waals surface area contributed by atoms with Crippen LogP contribution in [-0.2, 0) is 9.53 Å². The van der Waals surface area contributed by atoms with E-state index in [1.54, 1.807) is 0 Å². The molecule has 84 valence electrons. The average Bonchev–Trinajstić information content (AvgIpc) is 2.14. The largest absolute Gasteiger partial charge is 0.369 e. The van der Waals surface area contributed by atoms with Crippen molar-refractivity contribution in [2.45, 2.75) is 45.1 Å². The van der Waals surface area contributed by atoms with Gasteiger partial charge in [0.15, 0.2) is 0 Å². The zero-order valence-electron chi connectivity index (χ0n) is 9.18. The summed E-state index contributed by atoms with van der Waals surface area (Å²) in [4.78, 5) is 11.1. The molecule has 0 bridgehead atoms. The zero-order valence-corrected chi connectivity index (χ0v) is 9.93. The van der Waals surface area contributed by atoms with Crippen LogP contribution in [0.4, 0.5) is 0 Å². The number of halogens is 1. The van der Waals surface area contributed by atoms with Gasteiger partial charge < -0.3 is 10.1 Å². The molecule has 1 atom stereocenters. The van der Waals surface area contributed by atoms with Gasteiger partial charge in [-0.2, -0.15) is 0 Å². The van der Waals surface area contributed by atoms with Crippen molar-refractivity contribution in [2.75, 3.05) is 13.2 Å². The van der Waals surface area contributed by atoms with Crippen molar-refractivity contribution < 1.29 is 9.53 Å². The minimum atomic E-state index is -0.0707. The zero-order chi connectivity index (χ0) is 11.0. The number of alkyl halides is 1. The number of hydrogen-bond donors (Lipinski definition) is 1. The molecule has 3 nitrogen and oxygen atoms in total. The van der Waals surface area contributed by atoms with Gasteiger partial charge in [-0.25, -0.2) is 0 Å². The third kappa shape index (κ3) is 8.32. The fraction of sp³-hybridized carbons (Fsp3) is 0.900. The molecule has 0 aliphatic rings. The highest BCUT2D eigenvalue weighted by atomic mass is 35.5. The molecule has 0 fully saturated rings. The van der Waals surface area contributed by atoms with E-state index in [1.807, 2.05) is 20.8 Å². The number of rotatable bonds is 7. The number of amides is 1. The second kappa shape index (κ2) is 8.06. The lowest BCUT2D eigenvalue weighted by molar-refractivity contribution is -0.127. The maximum absolute atomic E-state index is 11.1. The van der Waals surface area contributed by atoms with E-state index in [-0.39, 0.29) is 24.0 Å². The molecule has 0 aromatic heterocycles. The van der Waals surface area contributed by atoms with E-state index in [1.165, 1.54) is 0 Å². The van der Waals surface area contributed by atoms with E-state index in [0.717, 1.165) is 12.8 Å². The van der Waals surface area contributed by atoms with Crippen LogP contribution in [0.2, 0.25) is 0 Å². The Balaban J connectivity index is 3.35. The van der Waals surface area contributed by atoms with Crippen molar-refractivity contribution in [1.29, 1.82) is 0 Å². The minimum absolute atomic E-state index is 0.0707. The van der Waals surface area contributed by atoms with Gasteiger partial charge in [-0.1, -0.05) is 6.92 Å². The molecular weight excluding hydrogens is 202 g/mol. The first kappa shape index (κ1) is 13.7. The molecule has 0 radical (unpaired) electrons. The summed E-state index contributed by atoms with van der Waals surface area (Å²) in [7, 11) is 0. The van der Waals surface area contributed by atoms with Crippen LogP contribution in [0.3, 0.4) is 0 Å². The Hall–Kier alpha value is -0.280. The molecule has 0 aromatic carbocycles. The van der Waals surface area contributed by atoms with Gasteiger partial charge in [-0.05, 0) is 26.7 Å². The summed E-state index contributed by atoms with van der Waals surface area (Å²) in [5, 5.41) is 2.91. The van der Waals surface area contributed by atoms with E-state index < -0.39 is 0 Å². The third-order valence-corrected chi connectivity index (χ3v) is 2.30. The topological polar surface area (TPSA) is 38.3 Å². The molecule has 4 heteroatoms. The molecule has 0 aliphatic carbocycles. The number of nitrogens with one attached hydrogen (secondary N) is 1. The normalized spacial score (nSPS) is 12.9. The highest BCUT2D eigenvalue weighted by Crippen LogP contribution is 2.04. The summed E-state index contributed by atoms with van der Waals surface area (Å²) < 4.78 is 5.14. The van der Waals surface area contributed by atoms with Gasteiger partial charge in [0.25, 0.3) is 0 Å². The summed E-state index contributed by atoms with van der Waals surface area (Å²) in [5.41, 5.74) is 0. The van der Waals surface area contributed by atoms with Crippen molar-refractivity contribution in [3.63, 3.8) is 0 Å². The Kier molecular flexibility index (Phi) is 7.90. The first-order valence-electron chi connectivity index (χ1n) is 5.08. The van der Waals surface area contributed by atoms with Gasteiger partial charge in [-0.15, -0.1) is 11.6 Å². The minimum Gasteiger partial charge on any atom is -0.369 e. The maximum Gasteiger partial charge on any atom is 0.246 e. The SMILES string of the molecule is CCC(Cl)CCNC(=O)COC(C)C.